The Bertz CT molecular complexity index is 1960. The van der Waals surface area contributed by atoms with Crippen LogP contribution in [-0.2, 0) is 4.79 Å². The minimum atomic E-state index is -0.905. The maximum absolute atomic E-state index is 17.6. The molecule has 2 unspecified atom stereocenters. The number of anilines is 2. The van der Waals surface area contributed by atoms with Gasteiger partial charge in [-0.15, -0.1) is 0 Å². The molecule has 2 atom stereocenters. The van der Waals surface area contributed by atoms with Gasteiger partial charge in [0.05, 0.1) is 39.1 Å². The molecule has 4 heterocycles. The number of phenols is 2. The number of aromatic nitrogens is 3. The number of carbonyl (C=O) groups is 1. The molecule has 1 saturated heterocycles. The maximum Gasteiger partial charge on any atom is 0.354 e. The van der Waals surface area contributed by atoms with Gasteiger partial charge in [0.2, 0.25) is 5.91 Å². The zero-order chi connectivity index (χ0) is 33.2. The van der Waals surface area contributed by atoms with Gasteiger partial charge < -0.3 is 24.9 Å². The summed E-state index contributed by atoms with van der Waals surface area (Å²) in [6.45, 7) is 12.4. The van der Waals surface area contributed by atoms with Gasteiger partial charge in [-0.25, -0.2) is 9.18 Å². The van der Waals surface area contributed by atoms with E-state index >= 15 is 4.39 Å². The van der Waals surface area contributed by atoms with E-state index in [0.29, 0.717) is 54.1 Å². The largest absolute Gasteiger partial charge is 0.507 e. The molecule has 2 aromatic heterocycles. The van der Waals surface area contributed by atoms with E-state index in [0.717, 1.165) is 0 Å². The molecule has 0 spiro atoms. The lowest BCUT2D eigenvalue weighted by Crippen LogP contribution is -2.60. The van der Waals surface area contributed by atoms with Crippen LogP contribution < -0.4 is 15.5 Å². The summed E-state index contributed by atoms with van der Waals surface area (Å²) < 4.78 is 18.8. The average molecular weight is 647 g/mol. The Morgan fingerprint density at radius 1 is 1.15 bits per heavy atom. The topological polar surface area (TPSA) is 115 Å². The third-order valence-electron chi connectivity index (χ3n) is 9.06. The lowest BCUT2D eigenvalue weighted by Gasteiger charge is -2.48. The number of aromatic hydroxyl groups is 2. The standard InChI is InChI=1S/C34H36ClFN6O4/c1-7-23(45)40-15-19(5)41-20(16-40)12-14-39(6)31-26-32(28(36)25(27(31)35)24-21(43)9-8-10-22(24)44)42(34(46)38-33(26)41)30-18(4)11-13-37-29(30)17(2)3/h7-11,13,17,19-20,43-44H,1,12,14-16H2,2-6H3. The monoisotopic (exact) mass is 646 g/mol. The van der Waals surface area contributed by atoms with E-state index in [1.807, 2.05) is 44.5 Å². The molecule has 12 heteroatoms. The number of benzene rings is 2. The predicted molar refractivity (Wildman–Crippen MR) is 178 cm³/mol. The number of pyridine rings is 1. The summed E-state index contributed by atoms with van der Waals surface area (Å²) in [5, 5.41) is 22.1. The van der Waals surface area contributed by atoms with Crippen LogP contribution in [0.4, 0.5) is 15.9 Å². The highest BCUT2D eigenvalue weighted by atomic mass is 35.5. The number of aryl methyl sites for hydroxylation is 1. The fourth-order valence-corrected chi connectivity index (χ4v) is 7.40. The Morgan fingerprint density at radius 2 is 1.85 bits per heavy atom. The third kappa shape index (κ3) is 4.76. The fourth-order valence-electron chi connectivity index (χ4n) is 6.98. The molecule has 1 amide bonds. The van der Waals surface area contributed by atoms with E-state index in [9.17, 15) is 19.8 Å². The summed E-state index contributed by atoms with van der Waals surface area (Å²) in [5.41, 5.74) is 0.800. The third-order valence-corrected chi connectivity index (χ3v) is 9.43. The molecule has 0 saturated carbocycles. The van der Waals surface area contributed by atoms with Crippen molar-refractivity contribution in [2.45, 2.75) is 52.1 Å². The van der Waals surface area contributed by atoms with Crippen LogP contribution >= 0.6 is 11.6 Å². The van der Waals surface area contributed by atoms with Gasteiger partial charge in [-0.2, -0.15) is 4.98 Å². The van der Waals surface area contributed by atoms with Crippen molar-refractivity contribution >= 4 is 39.9 Å². The van der Waals surface area contributed by atoms with Crippen molar-refractivity contribution in [2.75, 3.05) is 36.5 Å². The fraction of sp³-hybridized carbons (Fsp3) is 0.353. The number of carbonyl (C=O) groups excluding carboxylic acids is 1. The maximum atomic E-state index is 17.6. The molecule has 1 fully saturated rings. The van der Waals surface area contributed by atoms with Crippen LogP contribution in [0.5, 0.6) is 11.5 Å². The summed E-state index contributed by atoms with van der Waals surface area (Å²) in [4.78, 5) is 41.9. The summed E-state index contributed by atoms with van der Waals surface area (Å²) in [6, 6.07) is 5.33. The number of hydrogen-bond donors (Lipinski definition) is 2. The first kappa shape index (κ1) is 31.3. The average Bonchev–Trinajstić information content (AvgIpc) is 3.00. The van der Waals surface area contributed by atoms with Crippen LogP contribution in [-0.4, -0.2) is 74.3 Å². The van der Waals surface area contributed by atoms with E-state index in [1.54, 1.807) is 17.2 Å². The Hall–Kier alpha value is -4.64. The van der Waals surface area contributed by atoms with E-state index in [4.69, 9.17) is 11.6 Å². The van der Waals surface area contributed by atoms with Crippen molar-refractivity contribution in [3.63, 3.8) is 0 Å². The Labute approximate surface area is 271 Å². The SMILES string of the molecule is C=CC(=O)N1CC(C)N2c3nc(=O)n(-c4c(C)ccnc4C(C)C)c4c(F)c(-c5c(O)cccc5O)c(Cl)c(c34)N(C)CCC2C1. The van der Waals surface area contributed by atoms with Gasteiger partial charge in [0.15, 0.2) is 5.82 Å². The highest BCUT2D eigenvalue weighted by Crippen LogP contribution is 2.51. The van der Waals surface area contributed by atoms with Gasteiger partial charge in [-0.3, -0.25) is 14.3 Å². The number of phenolic OH excluding ortho intramolecular Hbond substituents is 2. The second kappa shape index (κ2) is 11.6. The Morgan fingerprint density at radius 3 is 2.50 bits per heavy atom. The molecule has 6 rings (SSSR count). The molecule has 0 bridgehead atoms. The van der Waals surface area contributed by atoms with Gasteiger partial charge in [0, 0.05) is 44.5 Å². The Kier molecular flexibility index (Phi) is 7.92. The summed E-state index contributed by atoms with van der Waals surface area (Å²) in [5.74, 6) is -1.72. The van der Waals surface area contributed by atoms with Crippen molar-refractivity contribution in [3.8, 4) is 28.3 Å². The lowest BCUT2D eigenvalue weighted by molar-refractivity contribution is -0.127. The smallest absolute Gasteiger partial charge is 0.354 e. The van der Waals surface area contributed by atoms with E-state index in [-0.39, 0.29) is 62.9 Å². The molecule has 2 aliphatic heterocycles. The van der Waals surface area contributed by atoms with Crippen LogP contribution in [0.1, 0.15) is 44.4 Å². The highest BCUT2D eigenvalue weighted by Gasteiger charge is 2.40. The molecule has 0 radical (unpaired) electrons. The number of rotatable bonds is 4. The molecule has 46 heavy (non-hydrogen) atoms. The normalized spacial score (nSPS) is 18.0. The van der Waals surface area contributed by atoms with Gasteiger partial charge in [0.25, 0.3) is 0 Å². The number of nitrogens with zero attached hydrogens (tertiary/aromatic N) is 6. The first-order valence-electron chi connectivity index (χ1n) is 15.2. The number of amides is 1. The molecule has 2 aromatic carbocycles. The van der Waals surface area contributed by atoms with Gasteiger partial charge >= 0.3 is 5.69 Å². The lowest BCUT2D eigenvalue weighted by atomic mass is 9.95. The van der Waals surface area contributed by atoms with E-state index in [1.165, 1.54) is 28.8 Å². The minimum absolute atomic E-state index is 0.0453. The van der Waals surface area contributed by atoms with Crippen molar-refractivity contribution in [1.29, 1.82) is 0 Å². The predicted octanol–water partition coefficient (Wildman–Crippen LogP) is 5.51. The molecular weight excluding hydrogens is 611 g/mol. The number of hydrogen-bond acceptors (Lipinski definition) is 8. The van der Waals surface area contributed by atoms with Crippen LogP contribution in [0.3, 0.4) is 0 Å². The van der Waals surface area contributed by atoms with Gasteiger partial charge in [0.1, 0.15) is 22.8 Å². The zero-order valence-electron chi connectivity index (χ0n) is 26.4. The zero-order valence-corrected chi connectivity index (χ0v) is 27.1. The quantitative estimate of drug-likeness (QED) is 0.279. The van der Waals surface area contributed by atoms with E-state index in [2.05, 4.69) is 16.5 Å². The van der Waals surface area contributed by atoms with E-state index < -0.39 is 11.5 Å². The summed E-state index contributed by atoms with van der Waals surface area (Å²) >= 11 is 7.13. The van der Waals surface area contributed by atoms with Crippen LogP contribution in [0.15, 0.2) is 47.9 Å². The van der Waals surface area contributed by atoms with Crippen LogP contribution in [0.25, 0.3) is 27.7 Å². The molecule has 2 aliphatic rings. The molecule has 4 aromatic rings. The van der Waals surface area contributed by atoms with Gasteiger partial charge in [-0.1, -0.05) is 38.1 Å². The molecule has 240 valence electrons. The van der Waals surface area contributed by atoms with Crippen LogP contribution in [0.2, 0.25) is 5.02 Å². The molecular formula is C34H36ClFN6O4. The Balaban J connectivity index is 1.82. The first-order valence-corrected chi connectivity index (χ1v) is 15.6. The van der Waals surface area contributed by atoms with Crippen molar-refractivity contribution < 1.29 is 19.4 Å². The van der Waals surface area contributed by atoms with Crippen molar-refractivity contribution in [3.05, 3.63) is 75.7 Å². The minimum Gasteiger partial charge on any atom is -0.507 e. The number of halogens is 2. The molecule has 10 nitrogen and oxygen atoms in total. The summed E-state index contributed by atoms with van der Waals surface area (Å²) in [7, 11) is 1.82. The highest BCUT2D eigenvalue weighted by molar-refractivity contribution is 6.38. The number of fused-ring (bicyclic) bond motifs is 2. The molecule has 2 N–H and O–H groups in total. The molecule has 0 aliphatic carbocycles. The van der Waals surface area contributed by atoms with Crippen LogP contribution in [0, 0.1) is 12.7 Å². The summed E-state index contributed by atoms with van der Waals surface area (Å²) in [6.07, 6.45) is 3.51. The first-order chi connectivity index (χ1) is 21.9. The van der Waals surface area contributed by atoms with Crippen molar-refractivity contribution in [2.24, 2.45) is 0 Å². The van der Waals surface area contributed by atoms with Crippen molar-refractivity contribution in [1.82, 2.24) is 19.4 Å². The second-order valence-corrected chi connectivity index (χ2v) is 12.8. The van der Waals surface area contributed by atoms with Gasteiger partial charge in [-0.05, 0) is 56.0 Å². The number of piperazine rings is 1. The second-order valence-electron chi connectivity index (χ2n) is 12.4.